The quantitative estimate of drug-likeness (QED) is 0.440. The van der Waals surface area contributed by atoms with Gasteiger partial charge >= 0.3 is 0 Å². The van der Waals surface area contributed by atoms with Crippen LogP contribution in [0, 0.1) is 6.92 Å². The highest BCUT2D eigenvalue weighted by atomic mass is 32.1. The van der Waals surface area contributed by atoms with Crippen LogP contribution in [0.2, 0.25) is 0 Å². The Hall–Kier alpha value is -1.07. The van der Waals surface area contributed by atoms with Crippen molar-refractivity contribution in [2.75, 3.05) is 33.2 Å². The molecule has 0 aliphatic carbocycles. The number of hydrogen-bond donors (Lipinski definition) is 2. The topological polar surface area (TPSA) is 39.7 Å². The van der Waals surface area contributed by atoms with E-state index in [2.05, 4.69) is 52.7 Å². The molecule has 0 fully saturated rings. The van der Waals surface area contributed by atoms with Crippen molar-refractivity contribution < 1.29 is 0 Å². The van der Waals surface area contributed by atoms with Crippen LogP contribution >= 0.6 is 11.3 Å². The van der Waals surface area contributed by atoms with Gasteiger partial charge in [0.2, 0.25) is 0 Å². The lowest BCUT2D eigenvalue weighted by Gasteiger charge is -2.18. The summed E-state index contributed by atoms with van der Waals surface area (Å²) in [5.74, 6) is 0.886. The maximum atomic E-state index is 4.26. The van der Waals surface area contributed by atoms with E-state index in [9.17, 15) is 0 Å². The highest BCUT2D eigenvalue weighted by Crippen LogP contribution is 2.14. The van der Waals surface area contributed by atoms with Crippen molar-refractivity contribution in [2.45, 2.75) is 33.7 Å². The molecule has 0 saturated heterocycles. The zero-order valence-electron chi connectivity index (χ0n) is 13.2. The summed E-state index contributed by atoms with van der Waals surface area (Å²) in [6.07, 6.45) is 1.14. The van der Waals surface area contributed by atoms with E-state index < -0.39 is 0 Å². The van der Waals surface area contributed by atoms with Crippen molar-refractivity contribution in [2.24, 2.45) is 4.99 Å². The third kappa shape index (κ3) is 5.92. The number of aryl methyl sites for hydroxylation is 1. The first-order chi connectivity index (χ1) is 9.71. The monoisotopic (exact) mass is 296 g/mol. The molecular formula is C15H28N4S. The third-order valence-corrected chi connectivity index (χ3v) is 4.47. The molecule has 0 aliphatic rings. The van der Waals surface area contributed by atoms with Crippen LogP contribution in [-0.2, 0) is 6.54 Å². The number of hydrogen-bond acceptors (Lipinski definition) is 3. The zero-order chi connectivity index (χ0) is 14.8. The summed E-state index contributed by atoms with van der Waals surface area (Å²) in [6, 6.07) is 2.15. The average Bonchev–Trinajstić information content (AvgIpc) is 2.87. The standard InChI is InChI=1S/C15H28N4S/c1-5-19(6-2)10-7-9-17-15(16-4)18-12-14-13(3)8-11-20-14/h8,11H,5-7,9-10,12H2,1-4H3,(H2,16,17,18). The second kappa shape index (κ2) is 9.77. The van der Waals surface area contributed by atoms with E-state index in [1.807, 2.05) is 7.05 Å². The fourth-order valence-electron chi connectivity index (χ4n) is 2.02. The minimum atomic E-state index is 0.846. The first-order valence-electron chi connectivity index (χ1n) is 7.41. The van der Waals surface area contributed by atoms with Crippen molar-refractivity contribution >= 4 is 17.3 Å². The Kier molecular flexibility index (Phi) is 8.30. The van der Waals surface area contributed by atoms with Gasteiger partial charge in [0.05, 0.1) is 6.54 Å². The van der Waals surface area contributed by atoms with Crippen molar-refractivity contribution in [3.05, 3.63) is 21.9 Å². The van der Waals surface area contributed by atoms with E-state index >= 15 is 0 Å². The Balaban J connectivity index is 2.22. The van der Waals surface area contributed by atoms with Crippen molar-refractivity contribution in [3.8, 4) is 0 Å². The lowest BCUT2D eigenvalue weighted by molar-refractivity contribution is 0.300. The lowest BCUT2D eigenvalue weighted by atomic mass is 10.3. The van der Waals surface area contributed by atoms with Gasteiger partial charge in [0, 0.05) is 18.5 Å². The van der Waals surface area contributed by atoms with Crippen LogP contribution in [0.15, 0.2) is 16.4 Å². The van der Waals surface area contributed by atoms with Crippen LogP contribution in [0.25, 0.3) is 0 Å². The summed E-state index contributed by atoms with van der Waals surface area (Å²) in [7, 11) is 1.82. The molecule has 1 aromatic heterocycles. The summed E-state index contributed by atoms with van der Waals surface area (Å²) in [6.45, 7) is 11.8. The predicted octanol–water partition coefficient (Wildman–Crippen LogP) is 2.45. The van der Waals surface area contributed by atoms with E-state index in [0.717, 1.165) is 45.1 Å². The Labute approximate surface area is 127 Å². The molecule has 2 N–H and O–H groups in total. The van der Waals surface area contributed by atoms with Gasteiger partial charge in [-0.3, -0.25) is 4.99 Å². The van der Waals surface area contributed by atoms with Gasteiger partial charge < -0.3 is 15.5 Å². The lowest BCUT2D eigenvalue weighted by Crippen LogP contribution is -2.38. The third-order valence-electron chi connectivity index (χ3n) is 3.45. The number of nitrogens with one attached hydrogen (secondary N) is 2. The second-order valence-electron chi connectivity index (χ2n) is 4.76. The Morgan fingerprint density at radius 1 is 1.30 bits per heavy atom. The second-order valence-corrected chi connectivity index (χ2v) is 5.76. The molecule has 0 spiro atoms. The first kappa shape index (κ1) is 17.0. The van der Waals surface area contributed by atoms with Gasteiger partial charge in [0.1, 0.15) is 0 Å². The molecule has 0 amide bonds. The molecule has 5 heteroatoms. The maximum absolute atomic E-state index is 4.26. The number of nitrogens with zero attached hydrogens (tertiary/aromatic N) is 2. The highest BCUT2D eigenvalue weighted by Gasteiger charge is 2.02. The summed E-state index contributed by atoms with van der Waals surface area (Å²) >= 11 is 1.79. The van der Waals surface area contributed by atoms with E-state index in [-0.39, 0.29) is 0 Å². The minimum Gasteiger partial charge on any atom is -0.356 e. The Morgan fingerprint density at radius 3 is 2.60 bits per heavy atom. The van der Waals surface area contributed by atoms with Crippen LogP contribution < -0.4 is 10.6 Å². The minimum absolute atomic E-state index is 0.846. The molecule has 1 heterocycles. The van der Waals surface area contributed by atoms with Crippen molar-refractivity contribution in [3.63, 3.8) is 0 Å². The van der Waals surface area contributed by atoms with Gasteiger partial charge in [-0.25, -0.2) is 0 Å². The summed E-state index contributed by atoms with van der Waals surface area (Å²) in [5.41, 5.74) is 1.35. The Morgan fingerprint density at radius 2 is 2.05 bits per heavy atom. The molecule has 114 valence electrons. The van der Waals surface area contributed by atoms with E-state index in [1.54, 1.807) is 11.3 Å². The molecule has 0 bridgehead atoms. The van der Waals surface area contributed by atoms with E-state index in [1.165, 1.54) is 10.4 Å². The van der Waals surface area contributed by atoms with Crippen molar-refractivity contribution in [1.82, 2.24) is 15.5 Å². The van der Waals surface area contributed by atoms with E-state index in [0.29, 0.717) is 0 Å². The molecule has 1 aromatic rings. The maximum Gasteiger partial charge on any atom is 0.191 e. The van der Waals surface area contributed by atoms with Crippen LogP contribution in [0.5, 0.6) is 0 Å². The van der Waals surface area contributed by atoms with E-state index in [4.69, 9.17) is 0 Å². The van der Waals surface area contributed by atoms with Gasteiger partial charge in [-0.15, -0.1) is 11.3 Å². The number of thiophene rings is 1. The molecular weight excluding hydrogens is 268 g/mol. The molecule has 0 radical (unpaired) electrons. The zero-order valence-corrected chi connectivity index (χ0v) is 14.0. The Bertz CT molecular complexity index is 396. The molecule has 1 rings (SSSR count). The molecule has 20 heavy (non-hydrogen) atoms. The predicted molar refractivity (Wildman–Crippen MR) is 89.7 cm³/mol. The summed E-state index contributed by atoms with van der Waals surface area (Å²) < 4.78 is 0. The largest absolute Gasteiger partial charge is 0.356 e. The van der Waals surface area contributed by atoms with Crippen LogP contribution in [-0.4, -0.2) is 44.1 Å². The van der Waals surface area contributed by atoms with Gasteiger partial charge in [0.15, 0.2) is 5.96 Å². The molecule has 0 unspecified atom stereocenters. The summed E-state index contributed by atoms with van der Waals surface area (Å²) in [5, 5.41) is 8.87. The molecule has 0 saturated carbocycles. The van der Waals surface area contributed by atoms with Gasteiger partial charge in [-0.2, -0.15) is 0 Å². The van der Waals surface area contributed by atoms with Crippen molar-refractivity contribution in [1.29, 1.82) is 0 Å². The van der Waals surface area contributed by atoms with Gasteiger partial charge in [0.25, 0.3) is 0 Å². The smallest absolute Gasteiger partial charge is 0.191 e. The summed E-state index contributed by atoms with van der Waals surface area (Å²) in [4.78, 5) is 8.07. The molecule has 0 aliphatic heterocycles. The van der Waals surface area contributed by atoms with Crippen LogP contribution in [0.3, 0.4) is 0 Å². The normalized spacial score (nSPS) is 11.9. The van der Waals surface area contributed by atoms with Crippen LogP contribution in [0.4, 0.5) is 0 Å². The average molecular weight is 296 g/mol. The number of aliphatic imine (C=N–C) groups is 1. The SMILES string of the molecule is CCN(CC)CCCNC(=NC)NCc1sccc1C. The molecule has 0 aromatic carbocycles. The highest BCUT2D eigenvalue weighted by molar-refractivity contribution is 7.10. The number of guanidine groups is 1. The van der Waals surface area contributed by atoms with Crippen LogP contribution in [0.1, 0.15) is 30.7 Å². The first-order valence-corrected chi connectivity index (χ1v) is 8.29. The van der Waals surface area contributed by atoms with Gasteiger partial charge in [-0.05, 0) is 50.0 Å². The number of rotatable bonds is 8. The molecule has 0 atom stereocenters. The molecule has 4 nitrogen and oxygen atoms in total. The van der Waals surface area contributed by atoms with Gasteiger partial charge in [-0.1, -0.05) is 13.8 Å². The fourth-order valence-corrected chi connectivity index (χ4v) is 2.86. The fraction of sp³-hybridized carbons (Fsp3) is 0.667.